The normalized spacial score (nSPS) is 11.9. The average molecular weight is 242 g/mol. The highest BCUT2D eigenvalue weighted by Crippen LogP contribution is 2.11. The number of methoxy groups -OCH3 is 1. The van der Waals surface area contributed by atoms with E-state index in [-0.39, 0.29) is 12.2 Å². The number of carbonyl (C=O) groups is 2. The SMILES string of the molecule is COC(=O)C(N)CC(=O)c1ccc(Cl)cc1. The minimum absolute atomic E-state index is 0.0751. The number of ketones is 1. The standard InChI is InChI=1S/C11H12ClNO3/c1-16-11(15)9(13)6-10(14)7-2-4-8(12)5-3-7/h2-5,9H,6,13H2,1H3. The first-order chi connectivity index (χ1) is 7.54. The number of carbonyl (C=O) groups excluding carboxylic acids is 2. The highest BCUT2D eigenvalue weighted by Gasteiger charge is 2.18. The molecule has 86 valence electrons. The maximum absolute atomic E-state index is 11.7. The van der Waals surface area contributed by atoms with Crippen molar-refractivity contribution in [3.8, 4) is 0 Å². The highest BCUT2D eigenvalue weighted by molar-refractivity contribution is 6.30. The van der Waals surface area contributed by atoms with Crippen LogP contribution in [-0.2, 0) is 9.53 Å². The van der Waals surface area contributed by atoms with Crippen LogP contribution in [0.15, 0.2) is 24.3 Å². The maximum atomic E-state index is 11.7. The monoisotopic (exact) mass is 241 g/mol. The molecule has 0 aliphatic heterocycles. The summed E-state index contributed by atoms with van der Waals surface area (Å²) >= 11 is 5.68. The van der Waals surface area contributed by atoms with E-state index in [4.69, 9.17) is 17.3 Å². The lowest BCUT2D eigenvalue weighted by Gasteiger charge is -2.08. The Kier molecular flexibility index (Phi) is 4.46. The van der Waals surface area contributed by atoms with Gasteiger partial charge in [0.25, 0.3) is 0 Å². The van der Waals surface area contributed by atoms with Crippen LogP contribution < -0.4 is 5.73 Å². The molecule has 0 aliphatic carbocycles. The number of rotatable bonds is 4. The maximum Gasteiger partial charge on any atom is 0.323 e. The third-order valence-corrected chi connectivity index (χ3v) is 2.33. The van der Waals surface area contributed by atoms with Gasteiger partial charge >= 0.3 is 5.97 Å². The summed E-state index contributed by atoms with van der Waals surface area (Å²) in [7, 11) is 1.23. The van der Waals surface area contributed by atoms with Gasteiger partial charge in [-0.05, 0) is 24.3 Å². The van der Waals surface area contributed by atoms with Crippen LogP contribution in [0.1, 0.15) is 16.8 Å². The minimum Gasteiger partial charge on any atom is -0.468 e. The van der Waals surface area contributed by atoms with Gasteiger partial charge in [0.2, 0.25) is 0 Å². The summed E-state index contributed by atoms with van der Waals surface area (Å²) in [6, 6.07) is 5.48. The van der Waals surface area contributed by atoms with Crippen molar-refractivity contribution in [2.45, 2.75) is 12.5 Å². The minimum atomic E-state index is -0.923. The van der Waals surface area contributed by atoms with Gasteiger partial charge < -0.3 is 10.5 Å². The first-order valence-corrected chi connectivity index (χ1v) is 5.04. The van der Waals surface area contributed by atoms with E-state index in [2.05, 4.69) is 4.74 Å². The Labute approximate surface area is 98.3 Å². The molecule has 1 atom stereocenters. The molecule has 0 aliphatic rings. The Morgan fingerprint density at radius 2 is 1.94 bits per heavy atom. The van der Waals surface area contributed by atoms with Crippen molar-refractivity contribution in [3.63, 3.8) is 0 Å². The highest BCUT2D eigenvalue weighted by atomic mass is 35.5. The molecule has 1 aromatic rings. The summed E-state index contributed by atoms with van der Waals surface area (Å²) < 4.78 is 4.43. The van der Waals surface area contributed by atoms with Crippen LogP contribution in [0.25, 0.3) is 0 Å². The third kappa shape index (κ3) is 3.32. The van der Waals surface area contributed by atoms with Crippen molar-refractivity contribution < 1.29 is 14.3 Å². The van der Waals surface area contributed by atoms with Crippen LogP contribution in [0.2, 0.25) is 5.02 Å². The van der Waals surface area contributed by atoms with E-state index in [1.807, 2.05) is 0 Å². The first kappa shape index (κ1) is 12.7. The number of esters is 1. The summed E-state index contributed by atoms with van der Waals surface area (Å²) in [5.74, 6) is -0.808. The van der Waals surface area contributed by atoms with Gasteiger partial charge in [-0.3, -0.25) is 9.59 Å². The smallest absolute Gasteiger partial charge is 0.323 e. The van der Waals surface area contributed by atoms with Crippen LogP contribution >= 0.6 is 11.6 Å². The van der Waals surface area contributed by atoms with Crippen LogP contribution in [0.3, 0.4) is 0 Å². The Morgan fingerprint density at radius 1 is 1.38 bits per heavy atom. The summed E-state index contributed by atoms with van der Waals surface area (Å²) in [6.07, 6.45) is -0.0751. The zero-order chi connectivity index (χ0) is 12.1. The Morgan fingerprint density at radius 3 is 2.44 bits per heavy atom. The molecule has 0 saturated heterocycles. The quantitative estimate of drug-likeness (QED) is 0.639. The predicted octanol–water partition coefficient (Wildman–Crippen LogP) is 1.41. The molecule has 4 nitrogen and oxygen atoms in total. The van der Waals surface area contributed by atoms with Crippen molar-refractivity contribution in [1.29, 1.82) is 0 Å². The van der Waals surface area contributed by atoms with Crippen molar-refractivity contribution in [2.75, 3.05) is 7.11 Å². The van der Waals surface area contributed by atoms with E-state index in [1.165, 1.54) is 7.11 Å². The van der Waals surface area contributed by atoms with Gasteiger partial charge in [0.1, 0.15) is 6.04 Å². The Balaban J connectivity index is 2.65. The van der Waals surface area contributed by atoms with E-state index < -0.39 is 12.0 Å². The molecule has 0 spiro atoms. The summed E-state index contributed by atoms with van der Waals surface area (Å²) in [4.78, 5) is 22.7. The topological polar surface area (TPSA) is 69.4 Å². The Bertz CT molecular complexity index is 389. The van der Waals surface area contributed by atoms with Gasteiger partial charge in [0.05, 0.1) is 7.11 Å². The fourth-order valence-electron chi connectivity index (χ4n) is 1.19. The zero-order valence-corrected chi connectivity index (χ0v) is 9.53. The second kappa shape index (κ2) is 5.63. The van der Waals surface area contributed by atoms with Gasteiger partial charge in [-0.1, -0.05) is 11.6 Å². The van der Waals surface area contributed by atoms with E-state index >= 15 is 0 Å². The van der Waals surface area contributed by atoms with Gasteiger partial charge in [-0.2, -0.15) is 0 Å². The molecule has 0 amide bonds. The van der Waals surface area contributed by atoms with Crippen LogP contribution in [0.5, 0.6) is 0 Å². The number of Topliss-reactive ketones (excluding diaryl/α,β-unsaturated/α-hetero) is 1. The molecular formula is C11H12ClNO3. The van der Waals surface area contributed by atoms with Crippen molar-refractivity contribution in [3.05, 3.63) is 34.9 Å². The molecule has 0 heterocycles. The van der Waals surface area contributed by atoms with Crippen molar-refractivity contribution in [2.24, 2.45) is 5.73 Å². The van der Waals surface area contributed by atoms with E-state index in [9.17, 15) is 9.59 Å². The summed E-state index contributed by atoms with van der Waals surface area (Å²) in [5, 5.41) is 0.550. The number of hydrogen-bond acceptors (Lipinski definition) is 4. The molecule has 16 heavy (non-hydrogen) atoms. The predicted molar refractivity (Wildman–Crippen MR) is 60.4 cm³/mol. The lowest BCUT2D eigenvalue weighted by atomic mass is 10.0. The zero-order valence-electron chi connectivity index (χ0n) is 8.77. The molecule has 0 bridgehead atoms. The number of nitrogens with two attached hydrogens (primary N) is 1. The van der Waals surface area contributed by atoms with Gasteiger partial charge in [-0.15, -0.1) is 0 Å². The molecule has 2 N–H and O–H groups in total. The second-order valence-corrected chi connectivity index (χ2v) is 3.70. The van der Waals surface area contributed by atoms with Crippen LogP contribution in [-0.4, -0.2) is 24.9 Å². The van der Waals surface area contributed by atoms with Gasteiger partial charge in [0.15, 0.2) is 5.78 Å². The molecule has 5 heteroatoms. The number of hydrogen-bond donors (Lipinski definition) is 1. The average Bonchev–Trinajstić information content (AvgIpc) is 2.28. The second-order valence-electron chi connectivity index (χ2n) is 3.26. The van der Waals surface area contributed by atoms with E-state index in [0.29, 0.717) is 10.6 Å². The van der Waals surface area contributed by atoms with Gasteiger partial charge in [-0.25, -0.2) is 0 Å². The largest absolute Gasteiger partial charge is 0.468 e. The van der Waals surface area contributed by atoms with E-state index in [0.717, 1.165) is 0 Å². The van der Waals surface area contributed by atoms with Crippen LogP contribution in [0, 0.1) is 0 Å². The molecular weight excluding hydrogens is 230 g/mol. The molecule has 1 rings (SSSR count). The van der Waals surface area contributed by atoms with Crippen LogP contribution in [0.4, 0.5) is 0 Å². The number of benzene rings is 1. The molecule has 0 aromatic heterocycles. The van der Waals surface area contributed by atoms with Crippen molar-refractivity contribution >= 4 is 23.4 Å². The fourth-order valence-corrected chi connectivity index (χ4v) is 1.31. The number of halogens is 1. The molecule has 0 saturated carbocycles. The summed E-state index contributed by atoms with van der Waals surface area (Å²) in [5.41, 5.74) is 5.95. The van der Waals surface area contributed by atoms with E-state index in [1.54, 1.807) is 24.3 Å². The Hall–Kier alpha value is -1.39. The summed E-state index contributed by atoms with van der Waals surface area (Å²) in [6.45, 7) is 0. The van der Waals surface area contributed by atoms with Crippen molar-refractivity contribution in [1.82, 2.24) is 0 Å². The first-order valence-electron chi connectivity index (χ1n) is 4.66. The molecule has 0 radical (unpaired) electrons. The van der Waals surface area contributed by atoms with Gasteiger partial charge in [0, 0.05) is 17.0 Å². The molecule has 0 fully saturated rings. The molecule has 1 unspecified atom stereocenters. The third-order valence-electron chi connectivity index (χ3n) is 2.08. The lowest BCUT2D eigenvalue weighted by Crippen LogP contribution is -2.33. The lowest BCUT2D eigenvalue weighted by molar-refractivity contribution is -0.142. The molecule has 1 aromatic carbocycles. The fraction of sp³-hybridized carbons (Fsp3) is 0.273. The number of ether oxygens (including phenoxy) is 1.